The van der Waals surface area contributed by atoms with Gasteiger partial charge in [0.2, 0.25) is 5.91 Å². The summed E-state index contributed by atoms with van der Waals surface area (Å²) in [5.74, 6) is 1.20. The Morgan fingerprint density at radius 3 is 2.89 bits per heavy atom. The lowest BCUT2D eigenvalue weighted by molar-refractivity contribution is -0.133. The Kier molecular flexibility index (Phi) is 5.78. The van der Waals surface area contributed by atoms with Crippen molar-refractivity contribution in [3.05, 3.63) is 54.1 Å². The molecule has 2 aromatic rings. The number of rotatable bonds is 6. The fourth-order valence-electron chi connectivity index (χ4n) is 4.56. The molecule has 2 fully saturated rings. The quantitative estimate of drug-likeness (QED) is 0.769. The summed E-state index contributed by atoms with van der Waals surface area (Å²) >= 11 is 0. The van der Waals surface area contributed by atoms with Gasteiger partial charge in [-0.05, 0) is 24.4 Å². The molecule has 0 saturated carbocycles. The van der Waals surface area contributed by atoms with Gasteiger partial charge in [0, 0.05) is 45.8 Å². The van der Waals surface area contributed by atoms with E-state index < -0.39 is 0 Å². The number of aryl methyl sites for hydroxylation is 1. The van der Waals surface area contributed by atoms with Gasteiger partial charge in [0.1, 0.15) is 0 Å². The normalized spacial score (nSPS) is 24.9. The largest absolute Gasteiger partial charge is 0.377 e. The Balaban J connectivity index is 1.28. The van der Waals surface area contributed by atoms with Gasteiger partial charge in [-0.3, -0.25) is 9.69 Å². The summed E-state index contributed by atoms with van der Waals surface area (Å²) < 4.78 is 8.17. The van der Waals surface area contributed by atoms with Gasteiger partial charge in [0.15, 0.2) is 0 Å². The first-order valence-electron chi connectivity index (χ1n) is 10.2. The van der Waals surface area contributed by atoms with Crippen molar-refractivity contribution in [2.75, 3.05) is 26.7 Å². The first-order chi connectivity index (χ1) is 13.6. The van der Waals surface area contributed by atoms with Crippen molar-refractivity contribution in [1.82, 2.24) is 19.4 Å². The summed E-state index contributed by atoms with van der Waals surface area (Å²) in [6.45, 7) is 4.45. The van der Waals surface area contributed by atoms with Gasteiger partial charge in [-0.15, -0.1) is 0 Å². The number of imidazole rings is 1. The second-order valence-corrected chi connectivity index (χ2v) is 8.25. The maximum atomic E-state index is 12.7. The highest BCUT2D eigenvalue weighted by molar-refractivity contribution is 5.76. The molecular weight excluding hydrogens is 352 g/mol. The Morgan fingerprint density at radius 1 is 1.32 bits per heavy atom. The molecule has 0 unspecified atom stereocenters. The number of carbonyl (C=O) groups is 1. The van der Waals surface area contributed by atoms with Crippen molar-refractivity contribution in [2.24, 2.45) is 18.9 Å². The van der Waals surface area contributed by atoms with Crippen LogP contribution in [-0.2, 0) is 29.7 Å². The van der Waals surface area contributed by atoms with Crippen LogP contribution in [0.15, 0.2) is 42.9 Å². The zero-order chi connectivity index (χ0) is 19.5. The van der Waals surface area contributed by atoms with Crippen molar-refractivity contribution in [3.63, 3.8) is 0 Å². The van der Waals surface area contributed by atoms with E-state index in [0.717, 1.165) is 38.2 Å². The number of hydrogen-bond donors (Lipinski definition) is 0. The molecule has 0 radical (unpaired) electrons. The third-order valence-electron chi connectivity index (χ3n) is 6.24. The third-order valence-corrected chi connectivity index (χ3v) is 6.24. The SMILES string of the molecule is CN(Cc1ccccc1)C(=O)C[C@@H]1OC[C@H]2CN(Cc3cncn3C)CC[C@H]21. The molecular formula is C22H30N4O2. The number of benzene rings is 1. The van der Waals surface area contributed by atoms with Gasteiger partial charge in [-0.1, -0.05) is 30.3 Å². The average molecular weight is 383 g/mol. The lowest BCUT2D eigenvalue weighted by Crippen LogP contribution is -2.42. The van der Waals surface area contributed by atoms with Crippen LogP contribution >= 0.6 is 0 Å². The van der Waals surface area contributed by atoms with Crippen LogP contribution in [0.3, 0.4) is 0 Å². The van der Waals surface area contributed by atoms with E-state index in [1.807, 2.05) is 49.7 Å². The molecule has 4 rings (SSSR count). The Bertz CT molecular complexity index is 791. The lowest BCUT2D eigenvalue weighted by Gasteiger charge is -2.35. The summed E-state index contributed by atoms with van der Waals surface area (Å²) in [6.07, 6.45) is 5.46. The number of fused-ring (bicyclic) bond motifs is 1. The van der Waals surface area contributed by atoms with Crippen molar-refractivity contribution in [1.29, 1.82) is 0 Å². The smallest absolute Gasteiger partial charge is 0.225 e. The predicted octanol–water partition coefficient (Wildman–Crippen LogP) is 2.31. The Hall–Kier alpha value is -2.18. The van der Waals surface area contributed by atoms with E-state index in [2.05, 4.69) is 26.6 Å². The summed E-state index contributed by atoms with van der Waals surface area (Å²) in [5.41, 5.74) is 2.40. The van der Waals surface area contributed by atoms with Gasteiger partial charge >= 0.3 is 0 Å². The van der Waals surface area contributed by atoms with E-state index in [4.69, 9.17) is 4.74 Å². The van der Waals surface area contributed by atoms with Gasteiger partial charge in [-0.2, -0.15) is 0 Å². The standard InChI is InChI=1S/C22H30N4O2/c1-24(12-17-6-4-3-5-7-17)22(27)10-21-20-8-9-26(13-18(20)15-28-21)14-19-11-23-16-25(19)2/h3-7,11,16,18,20-21H,8-10,12-15H2,1-2H3/t18-,20-,21+/m1/s1. The number of ether oxygens (including phenoxy) is 1. The first kappa shape index (κ1) is 19.2. The molecule has 0 N–H and O–H groups in total. The molecule has 3 heterocycles. The van der Waals surface area contributed by atoms with Crippen LogP contribution in [0.1, 0.15) is 24.1 Å². The molecule has 150 valence electrons. The molecule has 6 nitrogen and oxygen atoms in total. The molecule has 28 heavy (non-hydrogen) atoms. The van der Waals surface area contributed by atoms with Gasteiger partial charge < -0.3 is 14.2 Å². The van der Waals surface area contributed by atoms with E-state index in [0.29, 0.717) is 24.8 Å². The van der Waals surface area contributed by atoms with E-state index >= 15 is 0 Å². The molecule has 6 heteroatoms. The first-order valence-corrected chi connectivity index (χ1v) is 10.2. The zero-order valence-electron chi connectivity index (χ0n) is 16.8. The van der Waals surface area contributed by atoms with Gasteiger partial charge in [-0.25, -0.2) is 4.98 Å². The topological polar surface area (TPSA) is 50.6 Å². The summed E-state index contributed by atoms with van der Waals surface area (Å²) in [5, 5.41) is 0. The maximum Gasteiger partial charge on any atom is 0.225 e. The van der Waals surface area contributed by atoms with Crippen LogP contribution in [0.25, 0.3) is 0 Å². The molecule has 0 bridgehead atoms. The van der Waals surface area contributed by atoms with E-state index in [-0.39, 0.29) is 12.0 Å². The fourth-order valence-corrected chi connectivity index (χ4v) is 4.56. The zero-order valence-corrected chi connectivity index (χ0v) is 16.8. The second kappa shape index (κ2) is 8.45. The monoisotopic (exact) mass is 382 g/mol. The van der Waals surface area contributed by atoms with Crippen LogP contribution in [-0.4, -0.2) is 58.1 Å². The molecule has 3 atom stereocenters. The van der Waals surface area contributed by atoms with Gasteiger partial charge in [0.05, 0.1) is 31.2 Å². The van der Waals surface area contributed by atoms with Crippen LogP contribution < -0.4 is 0 Å². The molecule has 1 aromatic heterocycles. The summed E-state index contributed by atoms with van der Waals surface area (Å²) in [4.78, 5) is 21.2. The minimum atomic E-state index is 0.0644. The number of hydrogen-bond acceptors (Lipinski definition) is 4. The van der Waals surface area contributed by atoms with Crippen LogP contribution in [0.4, 0.5) is 0 Å². The second-order valence-electron chi connectivity index (χ2n) is 8.25. The maximum absolute atomic E-state index is 12.7. The molecule has 0 spiro atoms. The average Bonchev–Trinajstić information content (AvgIpc) is 3.28. The van der Waals surface area contributed by atoms with Crippen molar-refractivity contribution in [2.45, 2.75) is 32.0 Å². The highest BCUT2D eigenvalue weighted by Gasteiger charge is 2.41. The molecule has 2 aliphatic rings. The molecule has 0 aliphatic carbocycles. The van der Waals surface area contributed by atoms with Gasteiger partial charge in [0.25, 0.3) is 0 Å². The van der Waals surface area contributed by atoms with Crippen molar-refractivity contribution in [3.8, 4) is 0 Å². The molecule has 1 amide bonds. The highest BCUT2D eigenvalue weighted by atomic mass is 16.5. The minimum absolute atomic E-state index is 0.0644. The molecule has 1 aromatic carbocycles. The Labute approximate surface area is 167 Å². The number of amides is 1. The van der Waals surface area contributed by atoms with Crippen molar-refractivity contribution < 1.29 is 9.53 Å². The Morgan fingerprint density at radius 2 is 2.14 bits per heavy atom. The molecule has 2 saturated heterocycles. The summed E-state index contributed by atoms with van der Waals surface area (Å²) in [6, 6.07) is 10.1. The molecule has 2 aliphatic heterocycles. The minimum Gasteiger partial charge on any atom is -0.377 e. The number of piperidine rings is 1. The number of likely N-dealkylation sites (tertiary alicyclic amines) is 1. The lowest BCUT2D eigenvalue weighted by atomic mass is 9.83. The van der Waals surface area contributed by atoms with E-state index in [9.17, 15) is 4.79 Å². The summed E-state index contributed by atoms with van der Waals surface area (Å²) in [7, 11) is 3.93. The highest BCUT2D eigenvalue weighted by Crippen LogP contribution is 2.36. The van der Waals surface area contributed by atoms with Crippen LogP contribution in [0, 0.1) is 11.8 Å². The number of carbonyl (C=O) groups excluding carboxylic acids is 1. The predicted molar refractivity (Wildman–Crippen MR) is 107 cm³/mol. The fraction of sp³-hybridized carbons (Fsp3) is 0.545. The van der Waals surface area contributed by atoms with E-state index in [1.165, 1.54) is 5.69 Å². The number of nitrogens with zero attached hydrogens (tertiary/aromatic N) is 4. The van der Waals surface area contributed by atoms with Crippen LogP contribution in [0.5, 0.6) is 0 Å². The van der Waals surface area contributed by atoms with Crippen LogP contribution in [0.2, 0.25) is 0 Å². The third kappa shape index (κ3) is 4.28. The van der Waals surface area contributed by atoms with E-state index in [1.54, 1.807) is 0 Å². The van der Waals surface area contributed by atoms with Crippen molar-refractivity contribution >= 4 is 5.91 Å². The number of aromatic nitrogens is 2.